The van der Waals surface area contributed by atoms with Gasteiger partial charge in [-0.1, -0.05) is 12.5 Å². The Morgan fingerprint density at radius 2 is 2.20 bits per heavy atom. The first-order valence-electron chi connectivity index (χ1n) is 5.66. The molecule has 1 N–H and O–H groups in total. The monoisotopic (exact) mass is 205 g/mol. The average Bonchev–Trinajstić information content (AvgIpc) is 2.18. The van der Waals surface area contributed by atoms with Crippen LogP contribution in [0, 0.1) is 6.92 Å². The van der Waals surface area contributed by atoms with Crippen molar-refractivity contribution in [2.45, 2.75) is 38.8 Å². The van der Waals surface area contributed by atoms with Crippen LogP contribution in [-0.4, -0.2) is 13.2 Å². The summed E-state index contributed by atoms with van der Waals surface area (Å²) < 4.78 is 5.19. The van der Waals surface area contributed by atoms with Gasteiger partial charge in [-0.3, -0.25) is 0 Å². The second-order valence-corrected chi connectivity index (χ2v) is 4.30. The number of ether oxygens (including phenoxy) is 1. The Morgan fingerprint density at radius 3 is 2.73 bits per heavy atom. The minimum atomic E-state index is 0.756. The predicted octanol–water partition coefficient (Wildman–Crippen LogP) is 2.65. The topological polar surface area (TPSA) is 21.3 Å². The maximum Gasteiger partial charge on any atom is 0.119 e. The summed E-state index contributed by atoms with van der Waals surface area (Å²) in [7, 11) is 1.71. The van der Waals surface area contributed by atoms with E-state index in [-0.39, 0.29) is 0 Å². The Bertz CT molecular complexity index is 331. The van der Waals surface area contributed by atoms with Crippen molar-refractivity contribution in [3.63, 3.8) is 0 Å². The second-order valence-electron chi connectivity index (χ2n) is 4.30. The Labute approximate surface area is 91.6 Å². The molecule has 0 heterocycles. The third-order valence-electron chi connectivity index (χ3n) is 3.24. The zero-order valence-electron chi connectivity index (χ0n) is 9.55. The summed E-state index contributed by atoms with van der Waals surface area (Å²) in [6.45, 7) is 3.13. The van der Waals surface area contributed by atoms with Crippen molar-refractivity contribution < 1.29 is 4.74 Å². The molecule has 1 saturated carbocycles. The minimum Gasteiger partial charge on any atom is -0.497 e. The van der Waals surface area contributed by atoms with Crippen LogP contribution in [0.25, 0.3) is 0 Å². The van der Waals surface area contributed by atoms with Crippen molar-refractivity contribution in [2.24, 2.45) is 0 Å². The Kier molecular flexibility index (Phi) is 3.27. The van der Waals surface area contributed by atoms with Gasteiger partial charge in [-0.15, -0.1) is 0 Å². The molecule has 1 fully saturated rings. The zero-order chi connectivity index (χ0) is 10.7. The van der Waals surface area contributed by atoms with Gasteiger partial charge in [0.25, 0.3) is 0 Å². The van der Waals surface area contributed by atoms with Crippen LogP contribution in [0.4, 0.5) is 0 Å². The summed E-state index contributed by atoms with van der Waals surface area (Å²) in [4.78, 5) is 0. The van der Waals surface area contributed by atoms with Gasteiger partial charge in [-0.05, 0) is 43.0 Å². The lowest BCUT2D eigenvalue weighted by Gasteiger charge is -2.26. The zero-order valence-corrected chi connectivity index (χ0v) is 9.55. The van der Waals surface area contributed by atoms with Crippen molar-refractivity contribution >= 4 is 0 Å². The number of nitrogens with one attached hydrogen (secondary N) is 1. The average molecular weight is 205 g/mol. The van der Waals surface area contributed by atoms with E-state index in [9.17, 15) is 0 Å². The molecule has 0 aliphatic heterocycles. The quantitative estimate of drug-likeness (QED) is 0.816. The maximum absolute atomic E-state index is 5.19. The van der Waals surface area contributed by atoms with E-state index in [1.807, 2.05) is 6.07 Å². The van der Waals surface area contributed by atoms with Gasteiger partial charge >= 0.3 is 0 Å². The molecule has 0 bridgehead atoms. The SMILES string of the molecule is COc1ccc(CNC2CCC2)c(C)c1. The maximum atomic E-state index is 5.19. The largest absolute Gasteiger partial charge is 0.497 e. The first-order chi connectivity index (χ1) is 7.29. The van der Waals surface area contributed by atoms with Crippen LogP contribution in [0.1, 0.15) is 30.4 Å². The second kappa shape index (κ2) is 4.67. The molecular weight excluding hydrogens is 186 g/mol. The van der Waals surface area contributed by atoms with Gasteiger partial charge in [0, 0.05) is 12.6 Å². The standard InChI is InChI=1S/C13H19NO/c1-10-8-13(15-2)7-6-11(10)9-14-12-4-3-5-12/h6-8,12,14H,3-5,9H2,1-2H3. The van der Waals surface area contributed by atoms with Gasteiger partial charge in [-0.25, -0.2) is 0 Å². The highest BCUT2D eigenvalue weighted by Crippen LogP contribution is 2.20. The van der Waals surface area contributed by atoms with Crippen LogP contribution >= 0.6 is 0 Å². The molecule has 0 amide bonds. The number of aryl methyl sites for hydroxylation is 1. The first kappa shape index (κ1) is 10.5. The van der Waals surface area contributed by atoms with Crippen molar-refractivity contribution in [2.75, 3.05) is 7.11 Å². The van der Waals surface area contributed by atoms with Gasteiger partial charge in [0.05, 0.1) is 7.11 Å². The molecule has 0 radical (unpaired) electrons. The number of hydrogen-bond donors (Lipinski definition) is 1. The first-order valence-corrected chi connectivity index (χ1v) is 5.66. The van der Waals surface area contributed by atoms with E-state index in [1.54, 1.807) is 7.11 Å². The smallest absolute Gasteiger partial charge is 0.119 e. The van der Waals surface area contributed by atoms with Crippen molar-refractivity contribution in [3.8, 4) is 5.75 Å². The lowest BCUT2D eigenvalue weighted by Crippen LogP contribution is -2.34. The van der Waals surface area contributed by atoms with Crippen LogP contribution in [-0.2, 0) is 6.54 Å². The van der Waals surface area contributed by atoms with E-state index in [0.29, 0.717) is 0 Å². The third kappa shape index (κ3) is 2.51. The lowest BCUT2D eigenvalue weighted by atomic mass is 9.93. The van der Waals surface area contributed by atoms with E-state index in [2.05, 4.69) is 24.4 Å². The molecule has 0 atom stereocenters. The fourth-order valence-corrected chi connectivity index (χ4v) is 1.86. The number of rotatable bonds is 4. The molecule has 1 aromatic rings. The van der Waals surface area contributed by atoms with Gasteiger partial charge in [-0.2, -0.15) is 0 Å². The fourth-order valence-electron chi connectivity index (χ4n) is 1.86. The van der Waals surface area contributed by atoms with Crippen molar-refractivity contribution in [1.82, 2.24) is 5.32 Å². The fraction of sp³-hybridized carbons (Fsp3) is 0.538. The molecule has 2 nitrogen and oxygen atoms in total. The molecule has 0 saturated heterocycles. The summed E-state index contributed by atoms with van der Waals surface area (Å²) in [5.74, 6) is 0.944. The van der Waals surface area contributed by atoms with Crippen LogP contribution in [0.15, 0.2) is 18.2 Å². The van der Waals surface area contributed by atoms with Crippen molar-refractivity contribution in [3.05, 3.63) is 29.3 Å². The Morgan fingerprint density at radius 1 is 1.40 bits per heavy atom. The molecule has 2 heteroatoms. The summed E-state index contributed by atoms with van der Waals surface area (Å²) in [6, 6.07) is 7.04. The molecular formula is C13H19NO. The van der Waals surface area contributed by atoms with E-state index in [4.69, 9.17) is 4.74 Å². The Balaban J connectivity index is 1.95. The van der Waals surface area contributed by atoms with Gasteiger partial charge < -0.3 is 10.1 Å². The highest BCUT2D eigenvalue weighted by Gasteiger charge is 2.16. The summed E-state index contributed by atoms with van der Waals surface area (Å²) in [5.41, 5.74) is 2.68. The molecule has 82 valence electrons. The highest BCUT2D eigenvalue weighted by atomic mass is 16.5. The molecule has 15 heavy (non-hydrogen) atoms. The summed E-state index contributed by atoms with van der Waals surface area (Å²) in [6.07, 6.45) is 4.07. The van der Waals surface area contributed by atoms with Crippen LogP contribution in [0.2, 0.25) is 0 Å². The molecule has 1 aromatic carbocycles. The van der Waals surface area contributed by atoms with Crippen LogP contribution in [0.5, 0.6) is 5.75 Å². The van der Waals surface area contributed by atoms with Crippen molar-refractivity contribution in [1.29, 1.82) is 0 Å². The molecule has 0 spiro atoms. The molecule has 0 unspecified atom stereocenters. The van der Waals surface area contributed by atoms with Gasteiger partial charge in [0.15, 0.2) is 0 Å². The van der Waals surface area contributed by atoms with E-state index in [1.165, 1.54) is 30.4 Å². The number of hydrogen-bond acceptors (Lipinski definition) is 2. The Hall–Kier alpha value is -1.02. The van der Waals surface area contributed by atoms with Crippen LogP contribution < -0.4 is 10.1 Å². The van der Waals surface area contributed by atoms with Gasteiger partial charge in [0.1, 0.15) is 5.75 Å². The number of methoxy groups -OCH3 is 1. The van der Waals surface area contributed by atoms with Crippen LogP contribution in [0.3, 0.4) is 0 Å². The molecule has 2 rings (SSSR count). The van der Waals surface area contributed by atoms with E-state index < -0.39 is 0 Å². The van der Waals surface area contributed by atoms with E-state index >= 15 is 0 Å². The summed E-state index contributed by atoms with van der Waals surface area (Å²) in [5, 5.41) is 3.57. The summed E-state index contributed by atoms with van der Waals surface area (Å²) >= 11 is 0. The molecule has 1 aliphatic carbocycles. The normalized spacial score (nSPS) is 16.1. The molecule has 0 aromatic heterocycles. The minimum absolute atomic E-state index is 0.756. The number of benzene rings is 1. The predicted molar refractivity (Wildman–Crippen MR) is 62.2 cm³/mol. The lowest BCUT2D eigenvalue weighted by molar-refractivity contribution is 0.338. The van der Waals surface area contributed by atoms with Gasteiger partial charge in [0.2, 0.25) is 0 Å². The third-order valence-corrected chi connectivity index (χ3v) is 3.24. The molecule has 1 aliphatic rings. The van der Waals surface area contributed by atoms with E-state index in [0.717, 1.165) is 18.3 Å². The highest BCUT2D eigenvalue weighted by molar-refractivity contribution is 5.34.